The van der Waals surface area contributed by atoms with Gasteiger partial charge in [0, 0.05) is 0 Å². The van der Waals surface area contributed by atoms with Crippen molar-refractivity contribution < 1.29 is 8.78 Å². The molecular formula is C6H2Br2ClF2N. The molecule has 6 heteroatoms. The maximum Gasteiger partial charge on any atom is 0.267 e. The van der Waals surface area contributed by atoms with Gasteiger partial charge in [-0.25, -0.2) is 13.8 Å². The highest BCUT2D eigenvalue weighted by Gasteiger charge is 2.17. The average Bonchev–Trinajstić information content (AvgIpc) is 1.82. The van der Waals surface area contributed by atoms with Gasteiger partial charge in [-0.1, -0.05) is 11.6 Å². The first kappa shape index (κ1) is 10.3. The van der Waals surface area contributed by atoms with E-state index in [4.69, 9.17) is 11.6 Å². The smallest absolute Gasteiger partial charge is 0.233 e. The van der Waals surface area contributed by atoms with E-state index >= 15 is 0 Å². The average molecular weight is 321 g/mol. The number of aromatic nitrogens is 1. The fourth-order valence-electron chi connectivity index (χ4n) is 0.661. The summed E-state index contributed by atoms with van der Waals surface area (Å²) in [4.78, 5) is 3.72. The Morgan fingerprint density at radius 2 is 2.00 bits per heavy atom. The van der Waals surface area contributed by atoms with Crippen LogP contribution in [0.15, 0.2) is 15.3 Å². The summed E-state index contributed by atoms with van der Waals surface area (Å²) in [7, 11) is 0. The molecular weight excluding hydrogens is 319 g/mol. The molecule has 1 rings (SSSR count). The predicted molar refractivity (Wildman–Crippen MR) is 49.6 cm³/mol. The summed E-state index contributed by atoms with van der Waals surface area (Å²) in [6.45, 7) is 0. The lowest BCUT2D eigenvalue weighted by atomic mass is 10.3. The van der Waals surface area contributed by atoms with E-state index < -0.39 is 6.43 Å². The van der Waals surface area contributed by atoms with Crippen molar-refractivity contribution in [3.63, 3.8) is 0 Å². The van der Waals surface area contributed by atoms with E-state index in [1.807, 2.05) is 0 Å². The summed E-state index contributed by atoms with van der Waals surface area (Å²) in [5, 5.41) is -0.00116. The third-order valence-electron chi connectivity index (χ3n) is 1.15. The summed E-state index contributed by atoms with van der Waals surface area (Å²) in [5.74, 6) is 0. The first-order valence-corrected chi connectivity index (χ1v) is 4.78. The van der Waals surface area contributed by atoms with E-state index in [0.29, 0.717) is 4.60 Å². The highest BCUT2D eigenvalue weighted by Crippen LogP contribution is 2.33. The molecule has 0 radical (unpaired) electrons. The largest absolute Gasteiger partial charge is 0.267 e. The van der Waals surface area contributed by atoms with E-state index in [-0.39, 0.29) is 15.2 Å². The quantitative estimate of drug-likeness (QED) is 0.707. The zero-order valence-corrected chi connectivity index (χ0v) is 9.42. The van der Waals surface area contributed by atoms with Crippen molar-refractivity contribution in [1.29, 1.82) is 0 Å². The molecule has 0 aliphatic carbocycles. The zero-order valence-electron chi connectivity index (χ0n) is 5.49. The Morgan fingerprint density at radius 3 is 2.42 bits per heavy atom. The van der Waals surface area contributed by atoms with Crippen molar-refractivity contribution in [3.05, 3.63) is 25.9 Å². The highest BCUT2D eigenvalue weighted by molar-refractivity contribution is 9.11. The molecule has 0 spiro atoms. The molecule has 1 nitrogen and oxygen atoms in total. The van der Waals surface area contributed by atoms with Crippen molar-refractivity contribution in [2.75, 3.05) is 0 Å². The molecule has 0 aromatic carbocycles. The summed E-state index contributed by atoms with van der Waals surface area (Å²) >= 11 is 11.5. The Hall–Kier alpha value is 0.260. The third-order valence-corrected chi connectivity index (χ3v) is 2.47. The lowest BCUT2D eigenvalue weighted by Crippen LogP contribution is -1.91. The molecule has 1 aromatic rings. The Balaban J connectivity index is 3.28. The molecule has 0 atom stereocenters. The van der Waals surface area contributed by atoms with E-state index in [0.717, 1.165) is 0 Å². The van der Waals surface area contributed by atoms with Gasteiger partial charge in [-0.15, -0.1) is 0 Å². The van der Waals surface area contributed by atoms with Crippen LogP contribution in [0, 0.1) is 0 Å². The predicted octanol–water partition coefficient (Wildman–Crippen LogP) is 4.20. The number of halogens is 5. The Morgan fingerprint density at radius 1 is 1.42 bits per heavy atom. The van der Waals surface area contributed by atoms with Crippen LogP contribution in [-0.4, -0.2) is 4.98 Å². The van der Waals surface area contributed by atoms with Crippen LogP contribution in [0.25, 0.3) is 0 Å². The van der Waals surface area contributed by atoms with Gasteiger partial charge in [0.25, 0.3) is 6.43 Å². The summed E-state index contributed by atoms with van der Waals surface area (Å²) < 4.78 is 25.0. The number of hydrogen-bond acceptors (Lipinski definition) is 1. The van der Waals surface area contributed by atoms with Gasteiger partial charge in [0.1, 0.15) is 9.21 Å². The summed E-state index contributed by atoms with van der Waals surface area (Å²) in [5.41, 5.74) is -0.278. The van der Waals surface area contributed by atoms with Crippen molar-refractivity contribution in [2.45, 2.75) is 6.43 Å². The van der Waals surface area contributed by atoms with Gasteiger partial charge in [0.05, 0.1) is 10.6 Å². The van der Waals surface area contributed by atoms with Gasteiger partial charge in [-0.05, 0) is 37.9 Å². The minimum absolute atomic E-state index is 0.00116. The number of rotatable bonds is 1. The zero-order chi connectivity index (χ0) is 9.30. The second-order valence-corrected chi connectivity index (χ2v) is 3.90. The SMILES string of the molecule is FC(F)c1c(Cl)cc(Br)nc1Br. The third kappa shape index (κ3) is 2.14. The number of pyridine rings is 1. The molecule has 0 unspecified atom stereocenters. The standard InChI is InChI=1S/C6H2Br2ClF2N/c7-3-1-2(9)4(6(10)11)5(8)12-3/h1,6H. The fourth-order valence-corrected chi connectivity index (χ4v) is 2.40. The van der Waals surface area contributed by atoms with Gasteiger partial charge in [0.15, 0.2) is 0 Å². The number of alkyl halides is 2. The molecule has 12 heavy (non-hydrogen) atoms. The van der Waals surface area contributed by atoms with E-state index in [2.05, 4.69) is 36.8 Å². The van der Waals surface area contributed by atoms with Crippen molar-refractivity contribution in [1.82, 2.24) is 4.98 Å². The van der Waals surface area contributed by atoms with Crippen LogP contribution in [0.3, 0.4) is 0 Å². The van der Waals surface area contributed by atoms with Crippen LogP contribution >= 0.6 is 43.5 Å². The molecule has 0 bridgehead atoms. The van der Waals surface area contributed by atoms with Gasteiger partial charge < -0.3 is 0 Å². The molecule has 0 aliphatic rings. The minimum Gasteiger partial charge on any atom is -0.233 e. The first-order valence-electron chi connectivity index (χ1n) is 2.82. The van der Waals surface area contributed by atoms with Crippen molar-refractivity contribution in [2.24, 2.45) is 0 Å². The Labute approximate surface area is 89.4 Å². The van der Waals surface area contributed by atoms with Crippen LogP contribution < -0.4 is 0 Å². The summed E-state index contributed by atoms with van der Waals surface area (Å²) in [6.07, 6.45) is -2.62. The van der Waals surface area contributed by atoms with E-state index in [9.17, 15) is 8.78 Å². The molecule has 0 amide bonds. The Bertz CT molecular complexity index is 283. The van der Waals surface area contributed by atoms with Crippen LogP contribution in [0.1, 0.15) is 12.0 Å². The molecule has 1 heterocycles. The first-order chi connectivity index (χ1) is 5.52. The van der Waals surface area contributed by atoms with Crippen LogP contribution in [0.2, 0.25) is 5.02 Å². The molecule has 1 aromatic heterocycles. The second kappa shape index (κ2) is 3.98. The van der Waals surface area contributed by atoms with Crippen molar-refractivity contribution >= 4 is 43.5 Å². The lowest BCUT2D eigenvalue weighted by molar-refractivity contribution is 0.150. The monoisotopic (exact) mass is 319 g/mol. The van der Waals surface area contributed by atoms with Crippen LogP contribution in [-0.2, 0) is 0 Å². The maximum absolute atomic E-state index is 12.3. The molecule has 66 valence electrons. The topological polar surface area (TPSA) is 12.9 Å². The van der Waals surface area contributed by atoms with Crippen LogP contribution in [0.5, 0.6) is 0 Å². The normalized spacial score (nSPS) is 10.8. The second-order valence-electron chi connectivity index (χ2n) is 1.93. The van der Waals surface area contributed by atoms with Gasteiger partial charge in [-0.3, -0.25) is 0 Å². The molecule has 0 saturated carbocycles. The Kier molecular flexibility index (Phi) is 3.43. The molecule has 0 N–H and O–H groups in total. The number of hydrogen-bond donors (Lipinski definition) is 0. The lowest BCUT2D eigenvalue weighted by Gasteiger charge is -2.04. The number of nitrogens with zero attached hydrogens (tertiary/aromatic N) is 1. The van der Waals surface area contributed by atoms with Gasteiger partial charge >= 0.3 is 0 Å². The van der Waals surface area contributed by atoms with Crippen molar-refractivity contribution in [3.8, 4) is 0 Å². The highest BCUT2D eigenvalue weighted by atomic mass is 79.9. The van der Waals surface area contributed by atoms with E-state index in [1.54, 1.807) is 0 Å². The molecule has 0 aliphatic heterocycles. The molecule has 0 saturated heterocycles. The minimum atomic E-state index is -2.62. The fraction of sp³-hybridized carbons (Fsp3) is 0.167. The van der Waals surface area contributed by atoms with E-state index in [1.165, 1.54) is 6.07 Å². The van der Waals surface area contributed by atoms with Gasteiger partial charge in [-0.2, -0.15) is 0 Å². The van der Waals surface area contributed by atoms with Crippen LogP contribution in [0.4, 0.5) is 8.78 Å². The summed E-state index contributed by atoms with van der Waals surface area (Å²) in [6, 6.07) is 1.33. The maximum atomic E-state index is 12.3. The van der Waals surface area contributed by atoms with Gasteiger partial charge in [0.2, 0.25) is 0 Å². The molecule has 0 fully saturated rings.